The zero-order valence-corrected chi connectivity index (χ0v) is 17.2. The Balaban J connectivity index is 1.62. The lowest BCUT2D eigenvalue weighted by atomic mass is 9.93. The summed E-state index contributed by atoms with van der Waals surface area (Å²) in [6.07, 6.45) is 3.21. The lowest BCUT2D eigenvalue weighted by molar-refractivity contribution is -0.127. The molecule has 2 aliphatic rings. The van der Waals surface area contributed by atoms with E-state index >= 15 is 0 Å². The lowest BCUT2D eigenvalue weighted by Crippen LogP contribution is -2.55. The maximum Gasteiger partial charge on any atom is 0.237 e. The fourth-order valence-electron chi connectivity index (χ4n) is 4.22. The Labute approximate surface area is 163 Å². The molecular formula is C22H35N3O2. The van der Waals surface area contributed by atoms with Gasteiger partial charge in [0.25, 0.3) is 0 Å². The Morgan fingerprint density at radius 3 is 2.63 bits per heavy atom. The molecule has 1 amide bonds. The number of fused-ring (bicyclic) bond motifs is 1. The number of likely N-dealkylation sites (N-methyl/N-ethyl adjacent to an activating group) is 1. The van der Waals surface area contributed by atoms with Crippen LogP contribution in [0.2, 0.25) is 0 Å². The first kappa shape index (κ1) is 20.2. The van der Waals surface area contributed by atoms with E-state index < -0.39 is 0 Å². The van der Waals surface area contributed by atoms with Crippen molar-refractivity contribution >= 4 is 5.91 Å². The van der Waals surface area contributed by atoms with Crippen LogP contribution in [-0.2, 0) is 17.8 Å². The predicted molar refractivity (Wildman–Crippen MR) is 109 cm³/mol. The van der Waals surface area contributed by atoms with E-state index in [0.29, 0.717) is 24.6 Å². The maximum absolute atomic E-state index is 13.1. The Morgan fingerprint density at radius 1 is 1.26 bits per heavy atom. The van der Waals surface area contributed by atoms with Gasteiger partial charge in [-0.25, -0.2) is 0 Å². The number of hydrogen-bond acceptors (Lipinski definition) is 4. The number of phenolic OH excluding ortho intramolecular Hbond substituents is 1. The SMILES string of the molecule is CC1CCN(C[C@@H](NC(=O)[C@H]2Cc3ccc(O)cc3CN2C)C(C)C)CC1. The van der Waals surface area contributed by atoms with E-state index in [2.05, 4.69) is 35.9 Å². The molecule has 0 bridgehead atoms. The van der Waals surface area contributed by atoms with Gasteiger partial charge in [0.15, 0.2) is 0 Å². The zero-order valence-electron chi connectivity index (χ0n) is 17.2. The van der Waals surface area contributed by atoms with Crippen LogP contribution in [0, 0.1) is 11.8 Å². The molecular weight excluding hydrogens is 338 g/mol. The van der Waals surface area contributed by atoms with Gasteiger partial charge in [-0.1, -0.05) is 26.8 Å². The first-order valence-electron chi connectivity index (χ1n) is 10.4. The van der Waals surface area contributed by atoms with E-state index in [4.69, 9.17) is 0 Å². The second-order valence-corrected chi connectivity index (χ2v) is 8.93. The number of amides is 1. The Hall–Kier alpha value is -1.59. The topological polar surface area (TPSA) is 55.8 Å². The molecule has 0 spiro atoms. The second-order valence-electron chi connectivity index (χ2n) is 8.93. The third kappa shape index (κ3) is 5.02. The molecule has 0 unspecified atom stereocenters. The summed E-state index contributed by atoms with van der Waals surface area (Å²) in [5.41, 5.74) is 2.28. The van der Waals surface area contributed by atoms with Crippen molar-refractivity contribution in [2.75, 3.05) is 26.7 Å². The van der Waals surface area contributed by atoms with Gasteiger partial charge in [-0.15, -0.1) is 0 Å². The van der Waals surface area contributed by atoms with Crippen LogP contribution in [0.1, 0.15) is 44.7 Å². The molecule has 0 aromatic heterocycles. The molecule has 5 heteroatoms. The van der Waals surface area contributed by atoms with E-state index in [1.54, 1.807) is 6.07 Å². The van der Waals surface area contributed by atoms with Crippen molar-refractivity contribution in [2.24, 2.45) is 11.8 Å². The van der Waals surface area contributed by atoms with Gasteiger partial charge in [0.1, 0.15) is 5.75 Å². The minimum atomic E-state index is -0.148. The van der Waals surface area contributed by atoms with Crippen LogP contribution in [0.5, 0.6) is 5.75 Å². The highest BCUT2D eigenvalue weighted by molar-refractivity contribution is 5.82. The Morgan fingerprint density at radius 2 is 1.96 bits per heavy atom. The highest BCUT2D eigenvalue weighted by Gasteiger charge is 2.31. The standard InChI is InChI=1S/C22H35N3O2/c1-15(2)20(14-25-9-7-16(3)8-10-25)23-22(27)21-12-17-5-6-19(26)11-18(17)13-24(21)4/h5-6,11,15-16,20-21,26H,7-10,12-14H2,1-4H3,(H,23,27)/t20-,21-/m1/s1. The molecule has 0 radical (unpaired) electrons. The third-order valence-corrected chi connectivity index (χ3v) is 6.32. The molecule has 0 saturated carbocycles. The largest absolute Gasteiger partial charge is 0.508 e. The summed E-state index contributed by atoms with van der Waals surface area (Å²) >= 11 is 0. The van der Waals surface area contributed by atoms with Gasteiger partial charge in [0, 0.05) is 19.1 Å². The van der Waals surface area contributed by atoms with Crippen molar-refractivity contribution in [3.8, 4) is 5.75 Å². The number of rotatable bonds is 5. The molecule has 2 N–H and O–H groups in total. The predicted octanol–water partition coefficient (Wildman–Crippen LogP) is 2.62. The maximum atomic E-state index is 13.1. The van der Waals surface area contributed by atoms with Crippen molar-refractivity contribution in [3.63, 3.8) is 0 Å². The Bertz CT molecular complexity index is 653. The molecule has 150 valence electrons. The van der Waals surface area contributed by atoms with Gasteiger partial charge in [-0.05, 0) is 74.5 Å². The van der Waals surface area contributed by atoms with Crippen LogP contribution in [-0.4, -0.2) is 59.6 Å². The van der Waals surface area contributed by atoms with E-state index in [0.717, 1.165) is 36.7 Å². The number of aromatic hydroxyl groups is 1. The molecule has 27 heavy (non-hydrogen) atoms. The smallest absolute Gasteiger partial charge is 0.237 e. The van der Waals surface area contributed by atoms with Crippen molar-refractivity contribution in [3.05, 3.63) is 29.3 Å². The van der Waals surface area contributed by atoms with Crippen LogP contribution < -0.4 is 5.32 Å². The summed E-state index contributed by atoms with van der Waals surface area (Å²) in [5, 5.41) is 13.0. The fourth-order valence-corrected chi connectivity index (χ4v) is 4.22. The number of hydrogen-bond donors (Lipinski definition) is 2. The third-order valence-electron chi connectivity index (χ3n) is 6.32. The number of phenols is 1. The van der Waals surface area contributed by atoms with Crippen LogP contribution in [0.3, 0.4) is 0 Å². The fraction of sp³-hybridized carbons (Fsp3) is 0.682. The highest BCUT2D eigenvalue weighted by Crippen LogP contribution is 2.26. The second kappa shape index (κ2) is 8.61. The number of carbonyl (C=O) groups excluding carboxylic acids is 1. The first-order chi connectivity index (χ1) is 12.8. The van der Waals surface area contributed by atoms with Gasteiger partial charge >= 0.3 is 0 Å². The first-order valence-corrected chi connectivity index (χ1v) is 10.4. The van der Waals surface area contributed by atoms with Crippen molar-refractivity contribution in [1.29, 1.82) is 0 Å². The average molecular weight is 374 g/mol. The number of carbonyl (C=O) groups is 1. The van der Waals surface area contributed by atoms with Crippen LogP contribution in [0.25, 0.3) is 0 Å². The molecule has 1 fully saturated rings. The summed E-state index contributed by atoms with van der Waals surface area (Å²) in [7, 11) is 1.99. The van der Waals surface area contributed by atoms with Gasteiger partial charge in [0.05, 0.1) is 6.04 Å². The van der Waals surface area contributed by atoms with E-state index in [1.807, 2.05) is 19.2 Å². The van der Waals surface area contributed by atoms with Crippen molar-refractivity contribution in [2.45, 2.75) is 58.7 Å². The molecule has 2 aliphatic heterocycles. The quantitative estimate of drug-likeness (QED) is 0.833. The summed E-state index contributed by atoms with van der Waals surface area (Å²) in [5.74, 6) is 1.65. The molecule has 1 aromatic rings. The minimum Gasteiger partial charge on any atom is -0.508 e. The summed E-state index contributed by atoms with van der Waals surface area (Å²) in [6, 6.07) is 5.51. The number of nitrogens with zero attached hydrogens (tertiary/aromatic N) is 2. The van der Waals surface area contributed by atoms with E-state index in [9.17, 15) is 9.90 Å². The molecule has 2 heterocycles. The molecule has 1 aromatic carbocycles. The molecule has 3 rings (SSSR count). The van der Waals surface area contributed by atoms with E-state index in [-0.39, 0.29) is 18.0 Å². The van der Waals surface area contributed by atoms with Crippen LogP contribution in [0.15, 0.2) is 18.2 Å². The summed E-state index contributed by atoms with van der Waals surface area (Å²) < 4.78 is 0. The van der Waals surface area contributed by atoms with Gasteiger partial charge in [0.2, 0.25) is 5.91 Å². The van der Waals surface area contributed by atoms with Crippen molar-refractivity contribution < 1.29 is 9.90 Å². The van der Waals surface area contributed by atoms with Crippen molar-refractivity contribution in [1.82, 2.24) is 15.1 Å². The zero-order chi connectivity index (χ0) is 19.6. The van der Waals surface area contributed by atoms with Crippen LogP contribution >= 0.6 is 0 Å². The Kier molecular flexibility index (Phi) is 6.43. The lowest BCUT2D eigenvalue weighted by Gasteiger charge is -2.37. The molecule has 1 saturated heterocycles. The average Bonchev–Trinajstić information content (AvgIpc) is 2.62. The van der Waals surface area contributed by atoms with Crippen LogP contribution in [0.4, 0.5) is 0 Å². The van der Waals surface area contributed by atoms with E-state index in [1.165, 1.54) is 12.8 Å². The normalized spacial score (nSPS) is 23.2. The number of likely N-dealkylation sites (tertiary alicyclic amines) is 1. The minimum absolute atomic E-state index is 0.125. The number of benzene rings is 1. The molecule has 5 nitrogen and oxygen atoms in total. The summed E-state index contributed by atoms with van der Waals surface area (Å²) in [4.78, 5) is 17.7. The van der Waals surface area contributed by atoms with Gasteiger partial charge in [-0.3, -0.25) is 9.69 Å². The molecule has 2 atom stereocenters. The highest BCUT2D eigenvalue weighted by atomic mass is 16.3. The molecule has 0 aliphatic carbocycles. The number of piperidine rings is 1. The number of nitrogens with one attached hydrogen (secondary N) is 1. The van der Waals surface area contributed by atoms with Gasteiger partial charge < -0.3 is 15.3 Å². The summed E-state index contributed by atoms with van der Waals surface area (Å²) in [6.45, 7) is 10.6. The monoisotopic (exact) mass is 373 g/mol. The van der Waals surface area contributed by atoms with Gasteiger partial charge in [-0.2, -0.15) is 0 Å².